The number of nitrogens with one attached hydrogen (secondary N) is 1. The fraction of sp³-hybridized carbons (Fsp3) is 0.261. The zero-order valence-corrected chi connectivity index (χ0v) is 18.2. The highest BCUT2D eigenvalue weighted by Crippen LogP contribution is 2.34. The van der Waals surface area contributed by atoms with E-state index in [2.05, 4.69) is 29.2 Å². The Bertz CT molecular complexity index is 1170. The van der Waals surface area contributed by atoms with E-state index in [4.69, 9.17) is 19.4 Å². The molecule has 0 saturated carbocycles. The monoisotopic (exact) mass is 418 g/mol. The van der Waals surface area contributed by atoms with Gasteiger partial charge in [0.15, 0.2) is 5.65 Å². The minimum Gasteiger partial charge on any atom is -0.497 e. The maximum Gasteiger partial charge on any atom is 0.229 e. The number of hydrogen-bond donors (Lipinski definition) is 1. The SMILES string of the molecule is CCN(CC)c1nc(Nc2cc(OC)ccc2OC)c2cnn(-c3ccccc3)c2n1. The van der Waals surface area contributed by atoms with Crippen LogP contribution in [0.3, 0.4) is 0 Å². The molecule has 0 aliphatic heterocycles. The van der Waals surface area contributed by atoms with E-state index in [1.165, 1.54) is 0 Å². The first kappa shape index (κ1) is 20.5. The predicted octanol–water partition coefficient (Wildman–Crippen LogP) is 4.42. The van der Waals surface area contributed by atoms with Gasteiger partial charge in [0.05, 0.1) is 37.2 Å². The summed E-state index contributed by atoms with van der Waals surface area (Å²) in [6.07, 6.45) is 1.78. The van der Waals surface area contributed by atoms with Crippen molar-refractivity contribution in [2.24, 2.45) is 0 Å². The van der Waals surface area contributed by atoms with E-state index < -0.39 is 0 Å². The Kier molecular flexibility index (Phi) is 5.88. The fourth-order valence-corrected chi connectivity index (χ4v) is 3.44. The van der Waals surface area contributed by atoms with Gasteiger partial charge in [0, 0.05) is 19.2 Å². The molecule has 0 unspecified atom stereocenters. The van der Waals surface area contributed by atoms with Crippen LogP contribution in [0.1, 0.15) is 13.8 Å². The van der Waals surface area contributed by atoms with Crippen LogP contribution in [-0.2, 0) is 0 Å². The summed E-state index contributed by atoms with van der Waals surface area (Å²) in [4.78, 5) is 11.8. The van der Waals surface area contributed by atoms with Crippen molar-refractivity contribution in [3.63, 3.8) is 0 Å². The molecular formula is C23H26N6O2. The van der Waals surface area contributed by atoms with E-state index in [1.807, 2.05) is 53.2 Å². The summed E-state index contributed by atoms with van der Waals surface area (Å²) < 4.78 is 12.7. The van der Waals surface area contributed by atoms with Crippen LogP contribution in [0.5, 0.6) is 11.5 Å². The van der Waals surface area contributed by atoms with E-state index in [0.29, 0.717) is 17.5 Å². The molecule has 0 spiro atoms. The van der Waals surface area contributed by atoms with Crippen LogP contribution < -0.4 is 19.7 Å². The Morgan fingerprint density at radius 3 is 2.42 bits per heavy atom. The zero-order chi connectivity index (χ0) is 21.8. The van der Waals surface area contributed by atoms with Crippen LogP contribution >= 0.6 is 0 Å². The third kappa shape index (κ3) is 3.96. The van der Waals surface area contributed by atoms with Crippen LogP contribution in [0, 0.1) is 0 Å². The predicted molar refractivity (Wildman–Crippen MR) is 123 cm³/mol. The van der Waals surface area contributed by atoms with Gasteiger partial charge in [-0.25, -0.2) is 4.68 Å². The van der Waals surface area contributed by atoms with Gasteiger partial charge in [-0.3, -0.25) is 0 Å². The first-order valence-electron chi connectivity index (χ1n) is 10.2. The van der Waals surface area contributed by atoms with Crippen molar-refractivity contribution in [1.82, 2.24) is 19.7 Å². The second-order valence-electron chi connectivity index (χ2n) is 6.86. The lowest BCUT2D eigenvalue weighted by Crippen LogP contribution is -2.24. The van der Waals surface area contributed by atoms with Crippen molar-refractivity contribution in [2.45, 2.75) is 13.8 Å². The Balaban J connectivity index is 1.89. The summed E-state index contributed by atoms with van der Waals surface area (Å²) in [6, 6.07) is 15.5. The summed E-state index contributed by atoms with van der Waals surface area (Å²) >= 11 is 0. The van der Waals surface area contributed by atoms with Crippen LogP contribution in [0.25, 0.3) is 16.7 Å². The molecule has 2 aromatic heterocycles. The van der Waals surface area contributed by atoms with Gasteiger partial charge in [0.2, 0.25) is 5.95 Å². The van der Waals surface area contributed by atoms with Crippen molar-refractivity contribution < 1.29 is 9.47 Å². The van der Waals surface area contributed by atoms with Gasteiger partial charge in [0.1, 0.15) is 17.3 Å². The van der Waals surface area contributed by atoms with Crippen LogP contribution in [0.2, 0.25) is 0 Å². The van der Waals surface area contributed by atoms with Crippen LogP contribution in [-0.4, -0.2) is 47.1 Å². The van der Waals surface area contributed by atoms with Gasteiger partial charge in [0.25, 0.3) is 0 Å². The Morgan fingerprint density at radius 1 is 0.968 bits per heavy atom. The molecule has 8 nitrogen and oxygen atoms in total. The molecule has 0 bridgehead atoms. The Hall–Kier alpha value is -3.81. The molecule has 4 aromatic rings. The van der Waals surface area contributed by atoms with Gasteiger partial charge < -0.3 is 19.7 Å². The molecule has 4 rings (SSSR count). The largest absolute Gasteiger partial charge is 0.497 e. The number of hydrogen-bond acceptors (Lipinski definition) is 7. The molecule has 160 valence electrons. The molecule has 0 aliphatic rings. The molecule has 2 aromatic carbocycles. The Labute approximate surface area is 181 Å². The molecule has 0 amide bonds. The van der Waals surface area contributed by atoms with Crippen LogP contribution in [0.15, 0.2) is 54.7 Å². The average Bonchev–Trinajstić information content (AvgIpc) is 3.25. The lowest BCUT2D eigenvalue weighted by molar-refractivity contribution is 0.405. The highest BCUT2D eigenvalue weighted by atomic mass is 16.5. The molecule has 0 radical (unpaired) electrons. The van der Waals surface area contributed by atoms with E-state index in [0.717, 1.165) is 41.2 Å². The number of rotatable bonds is 8. The minimum absolute atomic E-state index is 0.638. The van der Waals surface area contributed by atoms with Gasteiger partial charge in [-0.15, -0.1) is 0 Å². The molecule has 31 heavy (non-hydrogen) atoms. The van der Waals surface area contributed by atoms with E-state index in [1.54, 1.807) is 20.4 Å². The molecule has 0 aliphatic carbocycles. The highest BCUT2D eigenvalue weighted by molar-refractivity contribution is 5.91. The number of anilines is 3. The van der Waals surface area contributed by atoms with Gasteiger partial charge >= 0.3 is 0 Å². The van der Waals surface area contributed by atoms with E-state index in [-0.39, 0.29) is 0 Å². The van der Waals surface area contributed by atoms with Crippen LogP contribution in [0.4, 0.5) is 17.5 Å². The summed E-state index contributed by atoms with van der Waals surface area (Å²) in [7, 11) is 3.27. The quantitative estimate of drug-likeness (QED) is 0.454. The topological polar surface area (TPSA) is 77.3 Å². The number of benzene rings is 2. The lowest BCUT2D eigenvalue weighted by Gasteiger charge is -2.20. The van der Waals surface area contributed by atoms with Gasteiger partial charge in [-0.2, -0.15) is 15.1 Å². The fourth-order valence-electron chi connectivity index (χ4n) is 3.44. The number of para-hydroxylation sites is 1. The lowest BCUT2D eigenvalue weighted by atomic mass is 10.2. The maximum absolute atomic E-state index is 5.53. The number of fused-ring (bicyclic) bond motifs is 1. The molecule has 8 heteroatoms. The first-order chi connectivity index (χ1) is 15.2. The number of nitrogens with zero attached hydrogens (tertiary/aromatic N) is 5. The van der Waals surface area contributed by atoms with Crippen molar-refractivity contribution >= 4 is 28.5 Å². The minimum atomic E-state index is 0.638. The standard InChI is InChI=1S/C23H26N6O2/c1-5-28(6-2)23-26-21(25-19-14-17(30-3)12-13-20(19)31-4)18-15-24-29(22(18)27-23)16-10-8-7-9-11-16/h7-15H,5-6H2,1-4H3,(H,25,26,27). The summed E-state index contributed by atoms with van der Waals surface area (Å²) in [5.74, 6) is 2.70. The van der Waals surface area contributed by atoms with Crippen molar-refractivity contribution in [1.29, 1.82) is 0 Å². The van der Waals surface area contributed by atoms with E-state index in [9.17, 15) is 0 Å². The second kappa shape index (κ2) is 8.91. The third-order valence-corrected chi connectivity index (χ3v) is 5.12. The first-order valence-corrected chi connectivity index (χ1v) is 10.2. The summed E-state index contributed by atoms with van der Waals surface area (Å²) in [5, 5.41) is 8.82. The van der Waals surface area contributed by atoms with Gasteiger partial charge in [-0.1, -0.05) is 18.2 Å². The van der Waals surface area contributed by atoms with Crippen molar-refractivity contribution in [3.05, 3.63) is 54.7 Å². The number of aromatic nitrogens is 4. The number of ether oxygens (including phenoxy) is 2. The Morgan fingerprint density at radius 2 is 1.74 bits per heavy atom. The molecule has 1 N–H and O–H groups in total. The molecule has 2 heterocycles. The second-order valence-corrected chi connectivity index (χ2v) is 6.86. The molecular weight excluding hydrogens is 392 g/mol. The normalized spacial score (nSPS) is 10.8. The summed E-state index contributed by atoms with van der Waals surface area (Å²) in [6.45, 7) is 5.76. The molecule has 0 saturated heterocycles. The highest BCUT2D eigenvalue weighted by Gasteiger charge is 2.18. The third-order valence-electron chi connectivity index (χ3n) is 5.12. The van der Waals surface area contributed by atoms with E-state index >= 15 is 0 Å². The number of methoxy groups -OCH3 is 2. The maximum atomic E-state index is 5.53. The molecule has 0 atom stereocenters. The smallest absolute Gasteiger partial charge is 0.229 e. The van der Waals surface area contributed by atoms with Gasteiger partial charge in [-0.05, 0) is 38.1 Å². The zero-order valence-electron chi connectivity index (χ0n) is 18.2. The average molecular weight is 419 g/mol. The molecule has 0 fully saturated rings. The van der Waals surface area contributed by atoms with Crippen molar-refractivity contribution in [2.75, 3.05) is 37.5 Å². The summed E-state index contributed by atoms with van der Waals surface area (Å²) in [5.41, 5.74) is 2.42. The van der Waals surface area contributed by atoms with Crippen molar-refractivity contribution in [3.8, 4) is 17.2 Å².